The van der Waals surface area contributed by atoms with Gasteiger partial charge in [0.2, 0.25) is 6.79 Å². The molecular weight excluding hydrogens is 358 g/mol. The van der Waals surface area contributed by atoms with E-state index in [-0.39, 0.29) is 24.8 Å². The zero-order valence-electron chi connectivity index (χ0n) is 17.5. The molecule has 0 bridgehead atoms. The number of benzene rings is 1. The number of aliphatic imine (C=N–C) groups is 1. The Labute approximate surface area is 168 Å². The van der Waals surface area contributed by atoms with Gasteiger partial charge in [0.25, 0.3) is 11.9 Å². The van der Waals surface area contributed by atoms with Crippen LogP contribution in [-0.4, -0.2) is 55.9 Å². The molecule has 0 aliphatic carbocycles. The van der Waals surface area contributed by atoms with E-state index in [1.165, 1.54) is 0 Å². The standard InChI is InChI=1S/C21H33N3O4/c1-5-13-26-21(22-16(4)9-8-12-24(6-2)7-3)23-20(25)17-10-11-18-19(14-17)28-15-27-18/h10-11,14,16H,5-9,12-13,15H2,1-4H3,(H,22,23,25)/t16-/m0/s1. The average Bonchev–Trinajstić information content (AvgIpc) is 3.17. The molecule has 28 heavy (non-hydrogen) atoms. The van der Waals surface area contributed by atoms with Crippen molar-refractivity contribution in [1.29, 1.82) is 0 Å². The van der Waals surface area contributed by atoms with Gasteiger partial charge in [-0.25, -0.2) is 4.99 Å². The third kappa shape index (κ3) is 6.71. The summed E-state index contributed by atoms with van der Waals surface area (Å²) in [6.45, 7) is 12.3. The lowest BCUT2D eigenvalue weighted by molar-refractivity contribution is 0.0964. The van der Waals surface area contributed by atoms with Crippen LogP contribution in [0.15, 0.2) is 23.2 Å². The topological polar surface area (TPSA) is 72.4 Å². The van der Waals surface area contributed by atoms with Crippen LogP contribution in [0.25, 0.3) is 0 Å². The van der Waals surface area contributed by atoms with E-state index >= 15 is 0 Å². The lowest BCUT2D eigenvalue weighted by atomic mass is 10.2. The summed E-state index contributed by atoms with van der Waals surface area (Å²) in [5.74, 6) is 0.948. The van der Waals surface area contributed by atoms with Crippen molar-refractivity contribution in [2.45, 2.75) is 53.0 Å². The Bertz CT molecular complexity index is 659. The first-order chi connectivity index (χ1) is 13.6. The Morgan fingerprint density at radius 1 is 1.25 bits per heavy atom. The molecule has 1 N–H and O–H groups in total. The SMILES string of the molecule is CCCOC(=N[C@@H](C)CCCN(CC)CC)NC(=O)c1ccc2c(c1)OCO2. The number of ether oxygens (including phenoxy) is 3. The van der Waals surface area contributed by atoms with E-state index in [4.69, 9.17) is 14.2 Å². The predicted molar refractivity (Wildman–Crippen MR) is 110 cm³/mol. The van der Waals surface area contributed by atoms with Crippen molar-refractivity contribution in [1.82, 2.24) is 10.2 Å². The van der Waals surface area contributed by atoms with E-state index in [1.54, 1.807) is 18.2 Å². The second kappa shape index (κ2) is 11.5. The van der Waals surface area contributed by atoms with Crippen LogP contribution in [0.4, 0.5) is 0 Å². The fourth-order valence-electron chi connectivity index (χ4n) is 2.93. The van der Waals surface area contributed by atoms with Crippen molar-refractivity contribution in [3.05, 3.63) is 23.8 Å². The van der Waals surface area contributed by atoms with Gasteiger partial charge in [0.05, 0.1) is 12.6 Å². The van der Waals surface area contributed by atoms with Gasteiger partial charge >= 0.3 is 0 Å². The Morgan fingerprint density at radius 3 is 2.71 bits per heavy atom. The summed E-state index contributed by atoms with van der Waals surface area (Å²) in [4.78, 5) is 19.6. The van der Waals surface area contributed by atoms with Crippen molar-refractivity contribution in [3.8, 4) is 11.5 Å². The van der Waals surface area contributed by atoms with Crippen LogP contribution < -0.4 is 14.8 Å². The average molecular weight is 392 g/mol. The van der Waals surface area contributed by atoms with Crippen LogP contribution in [0.2, 0.25) is 0 Å². The van der Waals surface area contributed by atoms with Crippen molar-refractivity contribution >= 4 is 11.9 Å². The summed E-state index contributed by atoms with van der Waals surface area (Å²) < 4.78 is 16.3. The number of carbonyl (C=O) groups excluding carboxylic acids is 1. The molecule has 1 amide bonds. The maximum Gasteiger partial charge on any atom is 0.291 e. The Balaban J connectivity index is 1.95. The molecule has 1 aromatic rings. The summed E-state index contributed by atoms with van der Waals surface area (Å²) in [6, 6.07) is 5.45. The number of fused-ring (bicyclic) bond motifs is 1. The normalized spacial score (nSPS) is 14.2. The van der Waals surface area contributed by atoms with Crippen LogP contribution in [0.1, 0.15) is 57.3 Å². The number of amides is 1. The number of carbonyl (C=O) groups is 1. The van der Waals surface area contributed by atoms with Crippen LogP contribution in [0.3, 0.4) is 0 Å². The molecule has 7 heteroatoms. The van der Waals surface area contributed by atoms with Gasteiger partial charge in [-0.3, -0.25) is 10.1 Å². The highest BCUT2D eigenvalue weighted by atomic mass is 16.7. The van der Waals surface area contributed by atoms with E-state index in [9.17, 15) is 4.79 Å². The number of amidine groups is 1. The highest BCUT2D eigenvalue weighted by Crippen LogP contribution is 2.32. The highest BCUT2D eigenvalue weighted by molar-refractivity contribution is 6.04. The smallest absolute Gasteiger partial charge is 0.291 e. The molecule has 1 aliphatic rings. The molecule has 1 aliphatic heterocycles. The Morgan fingerprint density at radius 2 is 2.00 bits per heavy atom. The van der Waals surface area contributed by atoms with Gasteiger partial charge in [0.1, 0.15) is 0 Å². The van der Waals surface area contributed by atoms with Crippen molar-refractivity contribution in [3.63, 3.8) is 0 Å². The second-order valence-corrected chi connectivity index (χ2v) is 6.82. The van der Waals surface area contributed by atoms with Crippen molar-refractivity contribution < 1.29 is 19.0 Å². The van der Waals surface area contributed by atoms with Gasteiger partial charge in [-0.2, -0.15) is 0 Å². The minimum Gasteiger partial charge on any atom is -0.465 e. The molecule has 0 unspecified atom stereocenters. The van der Waals surface area contributed by atoms with E-state index in [1.807, 2.05) is 13.8 Å². The molecule has 0 spiro atoms. The molecule has 0 radical (unpaired) electrons. The van der Waals surface area contributed by atoms with E-state index < -0.39 is 0 Å². The summed E-state index contributed by atoms with van der Waals surface area (Å²) in [5, 5.41) is 2.79. The number of hydrogen-bond donors (Lipinski definition) is 1. The number of nitrogens with zero attached hydrogens (tertiary/aromatic N) is 2. The molecule has 2 rings (SSSR count). The van der Waals surface area contributed by atoms with Crippen LogP contribution in [0.5, 0.6) is 11.5 Å². The predicted octanol–water partition coefficient (Wildman–Crippen LogP) is 3.44. The fourth-order valence-corrected chi connectivity index (χ4v) is 2.93. The fraction of sp³-hybridized carbons (Fsp3) is 0.619. The Hall–Kier alpha value is -2.28. The Kier molecular flexibility index (Phi) is 9.07. The first-order valence-corrected chi connectivity index (χ1v) is 10.2. The van der Waals surface area contributed by atoms with Gasteiger partial charge in [-0.15, -0.1) is 0 Å². The van der Waals surface area contributed by atoms with Gasteiger partial charge in [-0.1, -0.05) is 20.8 Å². The molecule has 0 aromatic heterocycles. The second-order valence-electron chi connectivity index (χ2n) is 6.82. The molecule has 0 fully saturated rings. The summed E-state index contributed by atoms with van der Waals surface area (Å²) >= 11 is 0. The van der Waals surface area contributed by atoms with Gasteiger partial charge in [0, 0.05) is 5.56 Å². The van der Waals surface area contributed by atoms with Gasteiger partial charge in [-0.05, 0) is 64.0 Å². The van der Waals surface area contributed by atoms with Crippen LogP contribution in [-0.2, 0) is 4.74 Å². The van der Waals surface area contributed by atoms with E-state index in [2.05, 4.69) is 29.1 Å². The largest absolute Gasteiger partial charge is 0.465 e. The van der Waals surface area contributed by atoms with Crippen molar-refractivity contribution in [2.24, 2.45) is 4.99 Å². The maximum atomic E-state index is 12.6. The number of nitrogens with one attached hydrogen (secondary N) is 1. The molecular formula is C21H33N3O4. The van der Waals surface area contributed by atoms with E-state index in [0.717, 1.165) is 38.9 Å². The lowest BCUT2D eigenvalue weighted by Crippen LogP contribution is -2.34. The number of hydrogen-bond acceptors (Lipinski definition) is 6. The molecule has 0 saturated heterocycles. The third-order valence-electron chi connectivity index (χ3n) is 4.63. The molecule has 7 nitrogen and oxygen atoms in total. The molecule has 1 atom stereocenters. The molecule has 1 heterocycles. The molecule has 0 saturated carbocycles. The monoisotopic (exact) mass is 391 g/mol. The zero-order chi connectivity index (χ0) is 20.4. The number of rotatable bonds is 10. The third-order valence-corrected chi connectivity index (χ3v) is 4.63. The summed E-state index contributed by atoms with van der Waals surface area (Å²) in [6.07, 6.45) is 2.84. The summed E-state index contributed by atoms with van der Waals surface area (Å²) in [7, 11) is 0. The molecule has 156 valence electrons. The van der Waals surface area contributed by atoms with Crippen LogP contribution in [0, 0.1) is 0 Å². The summed E-state index contributed by atoms with van der Waals surface area (Å²) in [5.41, 5.74) is 0.478. The first-order valence-electron chi connectivity index (χ1n) is 10.2. The minimum absolute atomic E-state index is 0.0690. The first kappa shape index (κ1) is 22.0. The van der Waals surface area contributed by atoms with Crippen molar-refractivity contribution in [2.75, 3.05) is 33.0 Å². The minimum atomic E-state index is -0.275. The van der Waals surface area contributed by atoms with Gasteiger partial charge in [0.15, 0.2) is 11.5 Å². The zero-order valence-corrected chi connectivity index (χ0v) is 17.5. The van der Waals surface area contributed by atoms with E-state index in [0.29, 0.717) is 23.7 Å². The lowest BCUT2D eigenvalue weighted by Gasteiger charge is -2.18. The highest BCUT2D eigenvalue weighted by Gasteiger charge is 2.18. The maximum absolute atomic E-state index is 12.6. The molecule has 1 aromatic carbocycles. The van der Waals surface area contributed by atoms with Crippen LogP contribution >= 0.6 is 0 Å². The van der Waals surface area contributed by atoms with Gasteiger partial charge < -0.3 is 19.1 Å². The quantitative estimate of drug-likeness (QED) is 0.489.